The molecule has 0 bridgehead atoms. The van der Waals surface area contributed by atoms with Crippen LogP contribution in [0.4, 0.5) is 0 Å². The molecule has 0 aliphatic carbocycles. The minimum Gasteiger partial charge on any atom is -0.496 e. The summed E-state index contributed by atoms with van der Waals surface area (Å²) in [4.78, 5) is 4.85. The second kappa shape index (κ2) is 9.94. The zero-order valence-electron chi connectivity index (χ0n) is 18.0. The molecule has 160 valence electrons. The van der Waals surface area contributed by atoms with Crippen molar-refractivity contribution in [2.24, 2.45) is 5.73 Å². The highest BCUT2D eigenvalue weighted by molar-refractivity contribution is 7.98. The molecule has 3 aromatic carbocycles. The number of methoxy groups -OCH3 is 1. The van der Waals surface area contributed by atoms with Gasteiger partial charge >= 0.3 is 0 Å². The molecule has 0 saturated carbocycles. The number of unbranched alkanes of at least 4 members (excludes halogenated alkanes) is 1. The van der Waals surface area contributed by atoms with Crippen molar-refractivity contribution in [3.63, 3.8) is 0 Å². The van der Waals surface area contributed by atoms with Crippen molar-refractivity contribution in [1.29, 1.82) is 0 Å². The van der Waals surface area contributed by atoms with Crippen molar-refractivity contribution < 1.29 is 9.47 Å². The molecule has 0 aliphatic rings. The maximum atomic E-state index is 6.10. The molecule has 0 fully saturated rings. The molecule has 31 heavy (non-hydrogen) atoms. The van der Waals surface area contributed by atoms with E-state index < -0.39 is 0 Å². The fourth-order valence-electron chi connectivity index (χ4n) is 3.86. The van der Waals surface area contributed by atoms with Crippen molar-refractivity contribution in [1.82, 2.24) is 4.98 Å². The van der Waals surface area contributed by atoms with Crippen LogP contribution in [-0.4, -0.2) is 24.9 Å². The van der Waals surface area contributed by atoms with Crippen molar-refractivity contribution >= 4 is 22.7 Å². The Labute approximate surface area is 187 Å². The summed E-state index contributed by atoms with van der Waals surface area (Å²) in [5.74, 6) is 2.52. The van der Waals surface area contributed by atoms with Gasteiger partial charge in [-0.05, 0) is 86.2 Å². The molecule has 4 rings (SSSR count). The van der Waals surface area contributed by atoms with Gasteiger partial charge in [0.25, 0.3) is 0 Å². The van der Waals surface area contributed by atoms with E-state index in [1.165, 1.54) is 15.8 Å². The quantitative estimate of drug-likeness (QED) is 0.230. The van der Waals surface area contributed by atoms with E-state index in [4.69, 9.17) is 15.2 Å². The summed E-state index contributed by atoms with van der Waals surface area (Å²) in [6.45, 7) is 0.700. The SMILES string of the molecule is COc1ccc(SC)cc1-c1[nH]c2ccc(Oc3ccccc3)cc2c1CCCCN. The minimum absolute atomic E-state index is 0.700. The van der Waals surface area contributed by atoms with Gasteiger partial charge in [0, 0.05) is 21.4 Å². The lowest BCUT2D eigenvalue weighted by Crippen LogP contribution is -1.99. The van der Waals surface area contributed by atoms with E-state index in [0.717, 1.165) is 53.3 Å². The first-order valence-corrected chi connectivity index (χ1v) is 11.8. The number of fused-ring (bicyclic) bond motifs is 1. The molecule has 1 aromatic heterocycles. The lowest BCUT2D eigenvalue weighted by Gasteiger charge is -2.12. The second-order valence-electron chi connectivity index (χ2n) is 7.41. The van der Waals surface area contributed by atoms with Crippen LogP contribution in [0.3, 0.4) is 0 Å². The van der Waals surface area contributed by atoms with Crippen LogP contribution in [-0.2, 0) is 6.42 Å². The first-order chi connectivity index (χ1) is 15.2. The first kappa shape index (κ1) is 21.3. The highest BCUT2D eigenvalue weighted by atomic mass is 32.2. The van der Waals surface area contributed by atoms with Crippen LogP contribution in [0.2, 0.25) is 0 Å². The predicted molar refractivity (Wildman–Crippen MR) is 131 cm³/mol. The van der Waals surface area contributed by atoms with E-state index in [1.54, 1.807) is 18.9 Å². The minimum atomic E-state index is 0.700. The average molecular weight is 433 g/mol. The Balaban J connectivity index is 1.82. The maximum Gasteiger partial charge on any atom is 0.128 e. The zero-order valence-corrected chi connectivity index (χ0v) is 18.8. The number of thioether (sulfide) groups is 1. The number of hydrogen-bond donors (Lipinski definition) is 2. The highest BCUT2D eigenvalue weighted by Gasteiger charge is 2.18. The number of aryl methyl sites for hydroxylation is 1. The fourth-order valence-corrected chi connectivity index (χ4v) is 4.30. The van der Waals surface area contributed by atoms with Gasteiger partial charge in [-0.1, -0.05) is 18.2 Å². The lowest BCUT2D eigenvalue weighted by molar-refractivity contribution is 0.416. The van der Waals surface area contributed by atoms with Crippen LogP contribution in [0.25, 0.3) is 22.2 Å². The number of para-hydroxylation sites is 1. The molecule has 0 unspecified atom stereocenters. The Morgan fingerprint density at radius 2 is 1.77 bits per heavy atom. The van der Waals surface area contributed by atoms with Crippen LogP contribution in [0, 0.1) is 0 Å². The Morgan fingerprint density at radius 3 is 2.52 bits per heavy atom. The Kier molecular flexibility index (Phi) is 6.85. The van der Waals surface area contributed by atoms with Crippen molar-refractivity contribution in [3.8, 4) is 28.5 Å². The van der Waals surface area contributed by atoms with E-state index in [1.807, 2.05) is 42.5 Å². The summed E-state index contributed by atoms with van der Waals surface area (Å²) in [6.07, 6.45) is 5.05. The van der Waals surface area contributed by atoms with Crippen LogP contribution < -0.4 is 15.2 Å². The number of H-pyrrole nitrogens is 1. The molecule has 0 spiro atoms. The number of hydrogen-bond acceptors (Lipinski definition) is 4. The molecule has 4 nitrogen and oxygen atoms in total. The van der Waals surface area contributed by atoms with E-state index in [2.05, 4.69) is 35.5 Å². The summed E-state index contributed by atoms with van der Waals surface area (Å²) in [7, 11) is 1.72. The van der Waals surface area contributed by atoms with Gasteiger partial charge in [-0.3, -0.25) is 0 Å². The first-order valence-electron chi connectivity index (χ1n) is 10.5. The molecule has 4 aromatic rings. The number of aromatic amines is 1. The molecule has 3 N–H and O–H groups in total. The highest BCUT2D eigenvalue weighted by Crippen LogP contribution is 2.39. The lowest BCUT2D eigenvalue weighted by atomic mass is 9.99. The standard InChI is InChI=1S/C26H28N2O2S/c1-29-25-14-12-20(31-2)17-23(25)26-21(10-6-7-15-27)22-16-19(11-13-24(22)28-26)30-18-8-4-3-5-9-18/h3-5,8-9,11-14,16-17,28H,6-7,10,15,27H2,1-2H3. The largest absolute Gasteiger partial charge is 0.496 e. The van der Waals surface area contributed by atoms with Gasteiger partial charge in [0.15, 0.2) is 0 Å². The molecule has 0 radical (unpaired) electrons. The van der Waals surface area contributed by atoms with Crippen molar-refractivity contribution in [3.05, 3.63) is 72.3 Å². The third-order valence-corrected chi connectivity index (χ3v) is 6.14. The average Bonchev–Trinajstić information content (AvgIpc) is 3.17. The van der Waals surface area contributed by atoms with Crippen LogP contribution in [0.1, 0.15) is 18.4 Å². The van der Waals surface area contributed by atoms with Crippen LogP contribution >= 0.6 is 11.8 Å². The van der Waals surface area contributed by atoms with Gasteiger partial charge in [0.1, 0.15) is 17.2 Å². The normalized spacial score (nSPS) is 11.1. The molecule has 0 aliphatic heterocycles. The van der Waals surface area contributed by atoms with Gasteiger partial charge in [-0.2, -0.15) is 0 Å². The molecule has 1 heterocycles. The molecule has 5 heteroatoms. The number of benzene rings is 3. The monoisotopic (exact) mass is 432 g/mol. The van der Waals surface area contributed by atoms with E-state index in [0.29, 0.717) is 6.54 Å². The van der Waals surface area contributed by atoms with E-state index in [9.17, 15) is 0 Å². The van der Waals surface area contributed by atoms with Crippen LogP contribution in [0.15, 0.2) is 71.6 Å². The second-order valence-corrected chi connectivity index (χ2v) is 8.29. The number of ether oxygens (including phenoxy) is 2. The number of rotatable bonds is 9. The summed E-state index contributed by atoms with van der Waals surface area (Å²) in [6, 6.07) is 22.4. The van der Waals surface area contributed by atoms with Crippen LogP contribution in [0.5, 0.6) is 17.2 Å². The third-order valence-electron chi connectivity index (χ3n) is 5.41. The zero-order chi connectivity index (χ0) is 21.6. The molecule has 0 atom stereocenters. The summed E-state index contributed by atoms with van der Waals surface area (Å²) >= 11 is 1.73. The summed E-state index contributed by atoms with van der Waals surface area (Å²) in [5.41, 5.74) is 10.3. The maximum absolute atomic E-state index is 6.10. The molecular weight excluding hydrogens is 404 g/mol. The van der Waals surface area contributed by atoms with Gasteiger partial charge < -0.3 is 20.2 Å². The topological polar surface area (TPSA) is 60.3 Å². The van der Waals surface area contributed by atoms with E-state index in [-0.39, 0.29) is 0 Å². The third kappa shape index (κ3) is 4.73. The summed E-state index contributed by atoms with van der Waals surface area (Å²) in [5, 5.41) is 1.18. The number of nitrogens with one attached hydrogen (secondary N) is 1. The van der Waals surface area contributed by atoms with Crippen molar-refractivity contribution in [2.45, 2.75) is 24.2 Å². The summed E-state index contributed by atoms with van der Waals surface area (Å²) < 4.78 is 11.8. The smallest absolute Gasteiger partial charge is 0.128 e. The van der Waals surface area contributed by atoms with Gasteiger partial charge in [-0.15, -0.1) is 11.8 Å². The van der Waals surface area contributed by atoms with E-state index >= 15 is 0 Å². The molecule has 0 amide bonds. The molecular formula is C26H28N2O2S. The Hall–Kier alpha value is -2.89. The Bertz CT molecular complexity index is 1160. The molecule has 0 saturated heterocycles. The number of nitrogens with two attached hydrogens (primary N) is 1. The Morgan fingerprint density at radius 1 is 0.935 bits per heavy atom. The van der Waals surface area contributed by atoms with Gasteiger partial charge in [0.05, 0.1) is 12.8 Å². The fraction of sp³-hybridized carbons (Fsp3) is 0.231. The number of aromatic nitrogens is 1. The van der Waals surface area contributed by atoms with Gasteiger partial charge in [-0.25, -0.2) is 0 Å². The van der Waals surface area contributed by atoms with Gasteiger partial charge in [0.2, 0.25) is 0 Å². The predicted octanol–water partition coefficient (Wildman–Crippen LogP) is 6.64. The van der Waals surface area contributed by atoms with Crippen molar-refractivity contribution in [2.75, 3.05) is 19.9 Å².